The number of nitrogens with one attached hydrogen (secondary N) is 1. The number of nitrogens with zero attached hydrogens (tertiary/aromatic N) is 1. The van der Waals surface area contributed by atoms with Crippen LogP contribution in [-0.2, 0) is 0 Å². The van der Waals surface area contributed by atoms with Crippen LogP contribution in [0.2, 0.25) is 5.02 Å². The minimum absolute atomic E-state index is 0.0222. The smallest absolute Gasteiger partial charge is 0.258 e. The Bertz CT molecular complexity index is 1430. The van der Waals surface area contributed by atoms with Crippen LogP contribution >= 0.6 is 11.6 Å². The van der Waals surface area contributed by atoms with Crippen LogP contribution in [-0.4, -0.2) is 10.9 Å². The second-order valence-corrected chi connectivity index (χ2v) is 7.18. The minimum atomic E-state index is -0.575. The highest BCUT2D eigenvalue weighted by molar-refractivity contribution is 6.35. The van der Waals surface area contributed by atoms with Gasteiger partial charge in [0.2, 0.25) is 5.89 Å². The second kappa shape index (κ2) is 7.28. The Morgan fingerprint density at radius 1 is 0.933 bits per heavy atom. The van der Waals surface area contributed by atoms with E-state index in [2.05, 4.69) is 10.3 Å². The highest BCUT2D eigenvalue weighted by Gasteiger charge is 2.15. The van der Waals surface area contributed by atoms with Crippen LogP contribution in [0, 0.1) is 5.82 Å². The molecule has 146 valence electrons. The van der Waals surface area contributed by atoms with Crippen LogP contribution in [0.15, 0.2) is 83.3 Å². The fourth-order valence-corrected chi connectivity index (χ4v) is 3.66. The van der Waals surface area contributed by atoms with Crippen LogP contribution in [0.5, 0.6) is 0 Å². The predicted octanol–water partition coefficient (Wildman–Crippen LogP) is 6.69. The van der Waals surface area contributed by atoms with Gasteiger partial charge in [-0.1, -0.05) is 48.0 Å². The summed E-state index contributed by atoms with van der Waals surface area (Å²) < 4.78 is 19.8. The van der Waals surface area contributed by atoms with Gasteiger partial charge in [-0.15, -0.1) is 0 Å². The van der Waals surface area contributed by atoms with Crippen LogP contribution in [0.25, 0.3) is 33.3 Å². The van der Waals surface area contributed by atoms with Crippen LogP contribution in [0.3, 0.4) is 0 Å². The van der Waals surface area contributed by atoms with E-state index in [0.29, 0.717) is 27.7 Å². The number of aromatic nitrogens is 1. The molecule has 4 nitrogen and oxygen atoms in total. The Kier molecular flexibility index (Phi) is 4.45. The third kappa shape index (κ3) is 3.19. The van der Waals surface area contributed by atoms with E-state index in [1.165, 1.54) is 18.2 Å². The number of halogens is 2. The van der Waals surface area contributed by atoms with Gasteiger partial charge in [-0.05, 0) is 47.9 Å². The van der Waals surface area contributed by atoms with E-state index in [1.807, 2.05) is 36.4 Å². The van der Waals surface area contributed by atoms with Crippen molar-refractivity contribution < 1.29 is 13.6 Å². The topological polar surface area (TPSA) is 55.1 Å². The molecule has 1 N–H and O–H groups in total. The Labute approximate surface area is 175 Å². The summed E-state index contributed by atoms with van der Waals surface area (Å²) in [5, 5.41) is 5.20. The van der Waals surface area contributed by atoms with Crippen LogP contribution in [0.4, 0.5) is 10.1 Å². The number of benzene rings is 4. The highest BCUT2D eigenvalue weighted by atomic mass is 35.5. The van der Waals surface area contributed by atoms with Gasteiger partial charge in [0, 0.05) is 21.7 Å². The molecule has 0 bridgehead atoms. The molecule has 4 aromatic carbocycles. The van der Waals surface area contributed by atoms with Gasteiger partial charge in [0.25, 0.3) is 5.91 Å². The Balaban J connectivity index is 1.52. The van der Waals surface area contributed by atoms with Gasteiger partial charge < -0.3 is 9.73 Å². The lowest BCUT2D eigenvalue weighted by Crippen LogP contribution is -2.13. The summed E-state index contributed by atoms with van der Waals surface area (Å²) in [4.78, 5) is 17.0. The van der Waals surface area contributed by atoms with Crippen LogP contribution in [0.1, 0.15) is 10.4 Å². The van der Waals surface area contributed by atoms with Crippen molar-refractivity contribution in [3.05, 3.63) is 95.3 Å². The van der Waals surface area contributed by atoms with Gasteiger partial charge in [-0.2, -0.15) is 0 Å². The molecule has 0 aliphatic heterocycles. The lowest BCUT2D eigenvalue weighted by Gasteiger charge is -2.05. The molecule has 0 fully saturated rings. The standard InChI is InChI=1S/C24H14ClFN2O2/c25-19-9-4-6-15-16(19)7-3-8-17(15)24-28-21-13-14(11-12-22(21)30-24)27-23(29)18-5-1-2-10-20(18)26/h1-13H,(H,27,29). The lowest BCUT2D eigenvalue weighted by atomic mass is 10.0. The number of carbonyl (C=O) groups excluding carboxylic acids is 1. The normalized spacial score (nSPS) is 11.1. The van der Waals surface area contributed by atoms with Crippen molar-refractivity contribution in [1.29, 1.82) is 0 Å². The van der Waals surface area contributed by atoms with Crippen molar-refractivity contribution in [2.24, 2.45) is 0 Å². The molecule has 6 heteroatoms. The number of oxazole rings is 1. The summed E-state index contributed by atoms with van der Waals surface area (Å²) in [6.07, 6.45) is 0. The number of rotatable bonds is 3. The monoisotopic (exact) mass is 416 g/mol. The van der Waals surface area contributed by atoms with Crippen molar-refractivity contribution in [3.63, 3.8) is 0 Å². The Hall–Kier alpha value is -3.70. The Morgan fingerprint density at radius 2 is 1.73 bits per heavy atom. The van der Waals surface area contributed by atoms with Gasteiger partial charge in [0.05, 0.1) is 5.56 Å². The molecule has 0 saturated heterocycles. The molecule has 0 aliphatic carbocycles. The first-order chi connectivity index (χ1) is 14.6. The van der Waals surface area contributed by atoms with Gasteiger partial charge in [-0.3, -0.25) is 4.79 Å². The molecule has 0 atom stereocenters. The average Bonchev–Trinajstić information content (AvgIpc) is 3.17. The molecule has 30 heavy (non-hydrogen) atoms. The van der Waals surface area contributed by atoms with Crippen molar-refractivity contribution in [1.82, 2.24) is 4.98 Å². The maximum Gasteiger partial charge on any atom is 0.258 e. The summed E-state index contributed by atoms with van der Waals surface area (Å²) in [6, 6.07) is 22.4. The molecular weight excluding hydrogens is 403 g/mol. The molecule has 0 unspecified atom stereocenters. The van der Waals surface area contributed by atoms with Gasteiger partial charge in [0.15, 0.2) is 5.58 Å². The molecule has 5 rings (SSSR count). The fourth-order valence-electron chi connectivity index (χ4n) is 3.42. The lowest BCUT2D eigenvalue weighted by molar-refractivity contribution is 0.102. The van der Waals surface area contributed by atoms with E-state index < -0.39 is 11.7 Å². The number of amides is 1. The van der Waals surface area contributed by atoms with E-state index in [1.54, 1.807) is 24.3 Å². The van der Waals surface area contributed by atoms with Crippen molar-refractivity contribution in [2.45, 2.75) is 0 Å². The van der Waals surface area contributed by atoms with E-state index in [-0.39, 0.29) is 5.56 Å². The zero-order chi connectivity index (χ0) is 20.7. The first kappa shape index (κ1) is 18.3. The van der Waals surface area contributed by atoms with Gasteiger partial charge in [-0.25, -0.2) is 9.37 Å². The fraction of sp³-hybridized carbons (Fsp3) is 0. The maximum absolute atomic E-state index is 13.8. The third-order valence-corrected chi connectivity index (χ3v) is 5.19. The number of carbonyl (C=O) groups is 1. The first-order valence-electron chi connectivity index (χ1n) is 9.24. The quantitative estimate of drug-likeness (QED) is 0.356. The molecule has 0 aliphatic rings. The summed E-state index contributed by atoms with van der Waals surface area (Å²) in [5.74, 6) is -0.648. The summed E-state index contributed by atoms with van der Waals surface area (Å²) in [6.45, 7) is 0. The zero-order valence-electron chi connectivity index (χ0n) is 15.5. The highest BCUT2D eigenvalue weighted by Crippen LogP contribution is 2.34. The maximum atomic E-state index is 13.8. The summed E-state index contributed by atoms with van der Waals surface area (Å²) in [5.41, 5.74) is 2.45. The number of fused-ring (bicyclic) bond motifs is 2. The molecule has 1 heterocycles. The number of hydrogen-bond acceptors (Lipinski definition) is 3. The third-order valence-electron chi connectivity index (χ3n) is 4.86. The van der Waals surface area contributed by atoms with Gasteiger partial charge >= 0.3 is 0 Å². The molecule has 1 aromatic heterocycles. The number of hydrogen-bond donors (Lipinski definition) is 1. The van der Waals surface area contributed by atoms with E-state index in [0.717, 1.165) is 16.3 Å². The molecule has 0 spiro atoms. The molecule has 0 saturated carbocycles. The summed E-state index contributed by atoms with van der Waals surface area (Å²) >= 11 is 6.31. The zero-order valence-corrected chi connectivity index (χ0v) is 16.3. The van der Waals surface area contributed by atoms with Crippen LogP contribution < -0.4 is 5.32 Å². The van der Waals surface area contributed by atoms with E-state index in [9.17, 15) is 9.18 Å². The largest absolute Gasteiger partial charge is 0.436 e. The van der Waals surface area contributed by atoms with Crippen molar-refractivity contribution in [2.75, 3.05) is 5.32 Å². The second-order valence-electron chi connectivity index (χ2n) is 6.78. The molecule has 1 amide bonds. The van der Waals surface area contributed by atoms with E-state index >= 15 is 0 Å². The van der Waals surface area contributed by atoms with Crippen molar-refractivity contribution >= 4 is 45.1 Å². The SMILES string of the molecule is O=C(Nc1ccc2oc(-c3cccc4c(Cl)cccc34)nc2c1)c1ccccc1F. The molecule has 0 radical (unpaired) electrons. The predicted molar refractivity (Wildman–Crippen MR) is 116 cm³/mol. The van der Waals surface area contributed by atoms with Crippen molar-refractivity contribution in [3.8, 4) is 11.5 Å². The first-order valence-corrected chi connectivity index (χ1v) is 9.62. The van der Waals surface area contributed by atoms with Gasteiger partial charge in [0.1, 0.15) is 11.3 Å². The summed E-state index contributed by atoms with van der Waals surface area (Å²) in [7, 11) is 0. The minimum Gasteiger partial charge on any atom is -0.436 e. The molecular formula is C24H14ClFN2O2. The Morgan fingerprint density at radius 3 is 2.60 bits per heavy atom. The average molecular weight is 417 g/mol. The van der Waals surface area contributed by atoms with E-state index in [4.69, 9.17) is 16.0 Å². The molecule has 5 aromatic rings. The number of anilines is 1.